The van der Waals surface area contributed by atoms with E-state index in [1.807, 2.05) is 0 Å². The van der Waals surface area contributed by atoms with Crippen molar-refractivity contribution in [1.82, 2.24) is 4.72 Å². The molecule has 0 fully saturated rings. The molecule has 1 rings (SSSR count). The van der Waals surface area contributed by atoms with E-state index in [1.54, 1.807) is 6.92 Å². The molecule has 0 amide bonds. The summed E-state index contributed by atoms with van der Waals surface area (Å²) in [5, 5.41) is 0. The predicted octanol–water partition coefficient (Wildman–Crippen LogP) is 0.598. The van der Waals surface area contributed by atoms with Gasteiger partial charge in [0.05, 0.1) is 11.5 Å². The van der Waals surface area contributed by atoms with Gasteiger partial charge in [-0.15, -0.1) is 0 Å². The number of methoxy groups -OCH3 is 1. The Bertz CT molecular complexity index is 505. The highest BCUT2D eigenvalue weighted by atomic mass is 32.2. The standard InChI is InChI=1S/C11H17FN2O3S/c1-8(7-17-2)14-18(15,16)10-3-4-11(12)9(5-10)6-13/h3-5,8,14H,6-7,13H2,1-2H3. The van der Waals surface area contributed by atoms with Gasteiger partial charge in [-0.1, -0.05) is 0 Å². The third kappa shape index (κ3) is 3.74. The maximum Gasteiger partial charge on any atom is 0.240 e. The number of nitrogens with one attached hydrogen (secondary N) is 1. The molecule has 0 spiro atoms. The molecule has 0 radical (unpaired) electrons. The van der Waals surface area contributed by atoms with Gasteiger partial charge in [0.25, 0.3) is 0 Å². The smallest absolute Gasteiger partial charge is 0.240 e. The molecule has 1 aromatic carbocycles. The van der Waals surface area contributed by atoms with Crippen LogP contribution in [0.2, 0.25) is 0 Å². The Hall–Kier alpha value is -1.02. The largest absolute Gasteiger partial charge is 0.383 e. The van der Waals surface area contributed by atoms with Gasteiger partial charge in [-0.05, 0) is 25.1 Å². The zero-order valence-electron chi connectivity index (χ0n) is 10.3. The minimum atomic E-state index is -3.68. The first-order chi connectivity index (χ1) is 8.40. The first-order valence-electron chi connectivity index (χ1n) is 5.40. The van der Waals surface area contributed by atoms with Gasteiger partial charge in [0.1, 0.15) is 5.82 Å². The number of sulfonamides is 1. The van der Waals surface area contributed by atoms with Gasteiger partial charge in [0, 0.05) is 25.3 Å². The van der Waals surface area contributed by atoms with Crippen molar-refractivity contribution in [2.24, 2.45) is 5.73 Å². The van der Waals surface area contributed by atoms with E-state index in [2.05, 4.69) is 4.72 Å². The number of ether oxygens (including phenoxy) is 1. The quantitative estimate of drug-likeness (QED) is 0.797. The minimum absolute atomic E-state index is 0.00713. The third-order valence-electron chi connectivity index (χ3n) is 2.32. The third-order valence-corrected chi connectivity index (χ3v) is 3.91. The normalized spacial score (nSPS) is 13.6. The van der Waals surface area contributed by atoms with Gasteiger partial charge >= 0.3 is 0 Å². The fourth-order valence-electron chi connectivity index (χ4n) is 1.49. The summed E-state index contributed by atoms with van der Waals surface area (Å²) in [5.74, 6) is -0.513. The number of nitrogens with two attached hydrogens (primary N) is 1. The Balaban J connectivity index is 2.98. The van der Waals surface area contributed by atoms with E-state index in [0.29, 0.717) is 0 Å². The van der Waals surface area contributed by atoms with Crippen LogP contribution >= 0.6 is 0 Å². The summed E-state index contributed by atoms with van der Waals surface area (Å²) >= 11 is 0. The van der Waals surface area contributed by atoms with Gasteiger partial charge < -0.3 is 10.5 Å². The van der Waals surface area contributed by atoms with Gasteiger partial charge in [-0.25, -0.2) is 17.5 Å². The highest BCUT2D eigenvalue weighted by Gasteiger charge is 2.18. The molecule has 0 heterocycles. The molecule has 102 valence electrons. The lowest BCUT2D eigenvalue weighted by Crippen LogP contribution is -2.35. The molecule has 0 saturated heterocycles. The molecular formula is C11H17FN2O3S. The Labute approximate surface area is 106 Å². The van der Waals surface area contributed by atoms with Crippen LogP contribution in [0, 0.1) is 5.82 Å². The second-order valence-corrected chi connectivity index (χ2v) is 5.65. The van der Waals surface area contributed by atoms with E-state index < -0.39 is 15.8 Å². The van der Waals surface area contributed by atoms with Crippen LogP contribution in [0.4, 0.5) is 4.39 Å². The highest BCUT2D eigenvalue weighted by molar-refractivity contribution is 7.89. The van der Waals surface area contributed by atoms with Crippen LogP contribution < -0.4 is 10.5 Å². The molecule has 7 heteroatoms. The zero-order valence-corrected chi connectivity index (χ0v) is 11.1. The van der Waals surface area contributed by atoms with Crippen LogP contribution in [0.5, 0.6) is 0 Å². The van der Waals surface area contributed by atoms with Crippen molar-refractivity contribution in [3.05, 3.63) is 29.6 Å². The summed E-state index contributed by atoms with van der Waals surface area (Å²) < 4.78 is 44.4. The van der Waals surface area contributed by atoms with Gasteiger partial charge in [-0.2, -0.15) is 0 Å². The Morgan fingerprint density at radius 2 is 2.17 bits per heavy atom. The molecule has 0 aromatic heterocycles. The van der Waals surface area contributed by atoms with E-state index >= 15 is 0 Å². The van der Waals surface area contributed by atoms with Crippen LogP contribution in [0.3, 0.4) is 0 Å². The van der Waals surface area contributed by atoms with Crippen molar-refractivity contribution in [2.45, 2.75) is 24.4 Å². The molecule has 1 atom stereocenters. The summed E-state index contributed by atoms with van der Waals surface area (Å²) in [6.07, 6.45) is 0. The van der Waals surface area contributed by atoms with Crippen molar-refractivity contribution in [1.29, 1.82) is 0 Å². The van der Waals surface area contributed by atoms with E-state index in [4.69, 9.17) is 10.5 Å². The highest BCUT2D eigenvalue weighted by Crippen LogP contribution is 2.15. The summed E-state index contributed by atoms with van der Waals surface area (Å²) in [7, 11) is -2.20. The van der Waals surface area contributed by atoms with E-state index in [9.17, 15) is 12.8 Å². The summed E-state index contributed by atoms with van der Waals surface area (Å²) in [4.78, 5) is -0.00713. The van der Waals surface area contributed by atoms with Gasteiger partial charge in [0.2, 0.25) is 10.0 Å². The average Bonchev–Trinajstić information content (AvgIpc) is 2.28. The van der Waals surface area contributed by atoms with Crippen molar-refractivity contribution in [3.8, 4) is 0 Å². The topological polar surface area (TPSA) is 81.4 Å². The van der Waals surface area contributed by atoms with Crippen molar-refractivity contribution >= 4 is 10.0 Å². The van der Waals surface area contributed by atoms with Crippen molar-refractivity contribution in [2.75, 3.05) is 13.7 Å². The molecular weight excluding hydrogens is 259 g/mol. The monoisotopic (exact) mass is 276 g/mol. The van der Waals surface area contributed by atoms with Crippen LogP contribution in [-0.2, 0) is 21.3 Å². The van der Waals surface area contributed by atoms with Crippen LogP contribution in [0.1, 0.15) is 12.5 Å². The van der Waals surface area contributed by atoms with Crippen LogP contribution in [0.15, 0.2) is 23.1 Å². The fourth-order valence-corrected chi connectivity index (χ4v) is 2.77. The molecule has 3 N–H and O–H groups in total. The lowest BCUT2D eigenvalue weighted by Gasteiger charge is -2.13. The molecule has 0 bridgehead atoms. The lowest BCUT2D eigenvalue weighted by atomic mass is 10.2. The maximum absolute atomic E-state index is 13.2. The number of halogens is 1. The van der Waals surface area contributed by atoms with Crippen LogP contribution in [0.25, 0.3) is 0 Å². The molecule has 0 saturated carbocycles. The fraction of sp³-hybridized carbons (Fsp3) is 0.455. The van der Waals surface area contributed by atoms with Gasteiger partial charge in [-0.3, -0.25) is 0 Å². The minimum Gasteiger partial charge on any atom is -0.383 e. The average molecular weight is 276 g/mol. The lowest BCUT2D eigenvalue weighted by molar-refractivity contribution is 0.180. The molecule has 0 aliphatic carbocycles. The SMILES string of the molecule is COCC(C)NS(=O)(=O)c1ccc(F)c(CN)c1. The predicted molar refractivity (Wildman–Crippen MR) is 66.0 cm³/mol. The van der Waals surface area contributed by atoms with E-state index in [1.165, 1.54) is 19.2 Å². The molecule has 18 heavy (non-hydrogen) atoms. The van der Waals surface area contributed by atoms with Gasteiger partial charge in [0.15, 0.2) is 0 Å². The van der Waals surface area contributed by atoms with Crippen LogP contribution in [-0.4, -0.2) is 28.2 Å². The maximum atomic E-state index is 13.2. The van der Waals surface area contributed by atoms with Crippen molar-refractivity contribution in [3.63, 3.8) is 0 Å². The molecule has 0 aliphatic heterocycles. The summed E-state index contributed by atoms with van der Waals surface area (Å²) in [6.45, 7) is 1.88. The number of rotatable bonds is 6. The second-order valence-electron chi connectivity index (χ2n) is 3.94. The summed E-state index contributed by atoms with van der Waals surface area (Å²) in [6, 6.07) is 3.16. The first kappa shape index (κ1) is 15.0. The molecule has 5 nitrogen and oxygen atoms in total. The Morgan fingerprint density at radius 3 is 2.72 bits per heavy atom. The summed E-state index contributed by atoms with van der Waals surface area (Å²) in [5.41, 5.74) is 5.50. The number of hydrogen-bond acceptors (Lipinski definition) is 4. The number of benzene rings is 1. The second kappa shape index (κ2) is 6.24. The zero-order chi connectivity index (χ0) is 13.8. The molecule has 0 aliphatic rings. The Kier molecular flexibility index (Phi) is 5.21. The van der Waals surface area contributed by atoms with Crippen molar-refractivity contribution < 1.29 is 17.5 Å². The number of hydrogen-bond donors (Lipinski definition) is 2. The Morgan fingerprint density at radius 1 is 1.50 bits per heavy atom. The molecule has 1 unspecified atom stereocenters. The van der Waals surface area contributed by atoms with E-state index in [0.717, 1.165) is 6.07 Å². The van der Waals surface area contributed by atoms with E-state index in [-0.39, 0.29) is 29.7 Å². The first-order valence-corrected chi connectivity index (χ1v) is 6.88. The molecule has 1 aromatic rings.